The van der Waals surface area contributed by atoms with Gasteiger partial charge in [0.05, 0.1) is 5.56 Å². The van der Waals surface area contributed by atoms with Crippen LogP contribution in [0, 0.1) is 18.6 Å². The number of hydrogen-bond acceptors (Lipinski definition) is 3. The molecule has 0 fully saturated rings. The van der Waals surface area contributed by atoms with Crippen LogP contribution in [0.15, 0.2) is 40.4 Å². The number of benzene rings is 1. The van der Waals surface area contributed by atoms with Crippen molar-refractivity contribution in [3.8, 4) is 0 Å². The van der Waals surface area contributed by atoms with Crippen LogP contribution in [0.3, 0.4) is 0 Å². The summed E-state index contributed by atoms with van der Waals surface area (Å²) in [7, 11) is 0. The molecular weight excluding hydrogens is 272 g/mol. The lowest BCUT2D eigenvalue weighted by Crippen LogP contribution is -2.03. The zero-order chi connectivity index (χ0) is 14.0. The molecule has 1 N–H and O–H groups in total. The highest BCUT2D eigenvalue weighted by Gasteiger charge is 2.17. The van der Waals surface area contributed by atoms with Crippen LogP contribution in [-0.2, 0) is 0 Å². The number of halogens is 2. The molecular formula is C13H9F2NO2S. The molecule has 0 unspecified atom stereocenters. The van der Waals surface area contributed by atoms with E-state index < -0.39 is 17.6 Å². The van der Waals surface area contributed by atoms with Crippen LogP contribution in [-0.4, -0.2) is 16.1 Å². The Bertz CT molecular complexity index is 647. The second-order valence-electron chi connectivity index (χ2n) is 3.79. The normalized spacial score (nSPS) is 10.5. The number of aromatic nitrogens is 1. The molecule has 1 heterocycles. The maximum atomic E-state index is 13.5. The van der Waals surface area contributed by atoms with Gasteiger partial charge < -0.3 is 5.11 Å². The van der Waals surface area contributed by atoms with Crippen molar-refractivity contribution < 1.29 is 18.7 Å². The summed E-state index contributed by atoms with van der Waals surface area (Å²) >= 11 is 0.858. The molecule has 0 amide bonds. The highest BCUT2D eigenvalue weighted by atomic mass is 32.2. The number of nitrogens with zero attached hydrogens (tertiary/aromatic N) is 1. The highest BCUT2D eigenvalue weighted by Crippen LogP contribution is 2.32. The van der Waals surface area contributed by atoms with E-state index in [1.807, 2.05) is 0 Å². The van der Waals surface area contributed by atoms with Crippen LogP contribution >= 0.6 is 11.8 Å². The summed E-state index contributed by atoms with van der Waals surface area (Å²) in [6.07, 6.45) is 1.45. The molecule has 98 valence electrons. The van der Waals surface area contributed by atoms with Crippen molar-refractivity contribution in [2.45, 2.75) is 16.8 Å². The Labute approximate surface area is 112 Å². The van der Waals surface area contributed by atoms with E-state index in [0.717, 1.165) is 23.9 Å². The molecule has 2 aromatic rings. The van der Waals surface area contributed by atoms with E-state index in [0.29, 0.717) is 5.56 Å². The van der Waals surface area contributed by atoms with Gasteiger partial charge in [-0.15, -0.1) is 0 Å². The van der Waals surface area contributed by atoms with Gasteiger partial charge in [0, 0.05) is 17.2 Å². The minimum absolute atomic E-state index is 0.0243. The summed E-state index contributed by atoms with van der Waals surface area (Å²) in [5, 5.41) is 9.31. The number of carboxylic acids is 1. The molecule has 1 aromatic carbocycles. The van der Waals surface area contributed by atoms with Gasteiger partial charge in [-0.1, -0.05) is 11.8 Å². The summed E-state index contributed by atoms with van der Waals surface area (Å²) < 4.78 is 26.3. The Kier molecular flexibility index (Phi) is 3.80. The van der Waals surface area contributed by atoms with E-state index in [9.17, 15) is 13.6 Å². The first-order chi connectivity index (χ1) is 8.99. The van der Waals surface area contributed by atoms with Crippen molar-refractivity contribution in [3.63, 3.8) is 0 Å². The predicted octanol–water partition coefficient (Wildman–Crippen LogP) is 3.52. The van der Waals surface area contributed by atoms with Gasteiger partial charge in [0.2, 0.25) is 0 Å². The number of aryl methyl sites for hydroxylation is 1. The second kappa shape index (κ2) is 5.36. The average Bonchev–Trinajstić information content (AvgIpc) is 2.32. The van der Waals surface area contributed by atoms with Gasteiger partial charge in [-0.25, -0.2) is 18.6 Å². The van der Waals surface area contributed by atoms with Gasteiger partial charge >= 0.3 is 5.97 Å². The van der Waals surface area contributed by atoms with E-state index >= 15 is 0 Å². The van der Waals surface area contributed by atoms with Gasteiger partial charge in [-0.2, -0.15) is 0 Å². The quantitative estimate of drug-likeness (QED) is 0.935. The molecule has 0 bridgehead atoms. The van der Waals surface area contributed by atoms with Crippen LogP contribution in [0.1, 0.15) is 15.9 Å². The van der Waals surface area contributed by atoms with Crippen LogP contribution in [0.2, 0.25) is 0 Å². The maximum Gasteiger partial charge on any atom is 0.338 e. The number of carbonyl (C=O) groups is 1. The largest absolute Gasteiger partial charge is 0.478 e. The molecule has 0 aliphatic carbocycles. The Morgan fingerprint density at radius 1 is 1.32 bits per heavy atom. The van der Waals surface area contributed by atoms with Gasteiger partial charge in [0.1, 0.15) is 16.7 Å². The number of carboxylic acid groups (broad SMARTS) is 1. The van der Waals surface area contributed by atoms with Crippen LogP contribution in [0.25, 0.3) is 0 Å². The summed E-state index contributed by atoms with van der Waals surface area (Å²) in [5.41, 5.74) is 0.559. The van der Waals surface area contributed by atoms with Crippen LogP contribution in [0.4, 0.5) is 8.78 Å². The zero-order valence-electron chi connectivity index (χ0n) is 9.85. The average molecular weight is 281 g/mol. The minimum atomic E-state index is -1.13. The third-order valence-corrected chi connectivity index (χ3v) is 3.49. The standard InChI is InChI=1S/C13H9F2NO2S/c1-7-4-5-16-12(11(7)13(17)18)19-10-3-2-8(14)6-9(10)15/h2-6H,1H3,(H,17,18). The summed E-state index contributed by atoms with van der Waals surface area (Å²) in [5.74, 6) is -2.56. The molecule has 3 nitrogen and oxygen atoms in total. The van der Waals surface area contributed by atoms with Crippen molar-refractivity contribution >= 4 is 17.7 Å². The number of aromatic carboxylic acids is 1. The molecule has 0 spiro atoms. The van der Waals surface area contributed by atoms with E-state index in [2.05, 4.69) is 4.98 Å². The summed E-state index contributed by atoms with van der Waals surface area (Å²) in [6.45, 7) is 1.64. The number of rotatable bonds is 3. The minimum Gasteiger partial charge on any atom is -0.478 e. The summed E-state index contributed by atoms with van der Waals surface area (Å²) in [6, 6.07) is 4.68. The molecule has 0 aliphatic heterocycles. The Balaban J connectivity index is 2.44. The Hall–Kier alpha value is -1.95. The van der Waals surface area contributed by atoms with Gasteiger partial charge in [-0.3, -0.25) is 0 Å². The van der Waals surface area contributed by atoms with E-state index in [-0.39, 0.29) is 15.5 Å². The highest BCUT2D eigenvalue weighted by molar-refractivity contribution is 7.99. The lowest BCUT2D eigenvalue weighted by Gasteiger charge is -2.07. The zero-order valence-corrected chi connectivity index (χ0v) is 10.7. The molecule has 0 atom stereocenters. The molecule has 1 aromatic heterocycles. The van der Waals surface area contributed by atoms with Crippen molar-refractivity contribution in [2.24, 2.45) is 0 Å². The van der Waals surface area contributed by atoms with Crippen LogP contribution < -0.4 is 0 Å². The number of hydrogen-bond donors (Lipinski definition) is 1. The molecule has 0 saturated heterocycles. The van der Waals surface area contributed by atoms with E-state index in [1.165, 1.54) is 12.3 Å². The molecule has 2 rings (SSSR count). The molecule has 6 heteroatoms. The lowest BCUT2D eigenvalue weighted by molar-refractivity contribution is 0.0691. The lowest BCUT2D eigenvalue weighted by atomic mass is 10.2. The number of pyridine rings is 1. The smallest absolute Gasteiger partial charge is 0.338 e. The van der Waals surface area contributed by atoms with Gasteiger partial charge in [0.15, 0.2) is 0 Å². The van der Waals surface area contributed by atoms with Crippen molar-refractivity contribution in [1.29, 1.82) is 0 Å². The first kappa shape index (κ1) is 13.5. The molecule has 0 radical (unpaired) electrons. The topological polar surface area (TPSA) is 50.2 Å². The van der Waals surface area contributed by atoms with Gasteiger partial charge in [0.25, 0.3) is 0 Å². The predicted molar refractivity (Wildman–Crippen MR) is 66.4 cm³/mol. The fraction of sp³-hybridized carbons (Fsp3) is 0.0769. The maximum absolute atomic E-state index is 13.5. The van der Waals surface area contributed by atoms with Gasteiger partial charge in [-0.05, 0) is 30.7 Å². The second-order valence-corrected chi connectivity index (χ2v) is 4.82. The summed E-state index contributed by atoms with van der Waals surface area (Å²) in [4.78, 5) is 15.2. The molecule has 0 aliphatic rings. The molecule has 19 heavy (non-hydrogen) atoms. The van der Waals surface area contributed by atoms with Crippen molar-refractivity contribution in [3.05, 3.63) is 53.2 Å². The first-order valence-electron chi connectivity index (χ1n) is 5.31. The first-order valence-corrected chi connectivity index (χ1v) is 6.12. The monoisotopic (exact) mass is 281 g/mol. The Morgan fingerprint density at radius 2 is 2.05 bits per heavy atom. The molecule has 0 saturated carbocycles. The Morgan fingerprint density at radius 3 is 2.68 bits per heavy atom. The third kappa shape index (κ3) is 2.90. The third-order valence-electron chi connectivity index (χ3n) is 2.44. The fourth-order valence-electron chi connectivity index (χ4n) is 1.53. The van der Waals surface area contributed by atoms with Crippen molar-refractivity contribution in [1.82, 2.24) is 4.98 Å². The van der Waals surface area contributed by atoms with Crippen molar-refractivity contribution in [2.75, 3.05) is 0 Å². The van der Waals surface area contributed by atoms with Crippen LogP contribution in [0.5, 0.6) is 0 Å². The fourth-order valence-corrected chi connectivity index (χ4v) is 2.50. The van der Waals surface area contributed by atoms with E-state index in [4.69, 9.17) is 5.11 Å². The SMILES string of the molecule is Cc1ccnc(Sc2ccc(F)cc2F)c1C(=O)O. The van der Waals surface area contributed by atoms with E-state index in [1.54, 1.807) is 13.0 Å².